The predicted octanol–water partition coefficient (Wildman–Crippen LogP) is 3.00. The van der Waals surface area contributed by atoms with Crippen molar-refractivity contribution in [2.24, 2.45) is 4.36 Å². The molecule has 7 nitrogen and oxygen atoms in total. The first kappa shape index (κ1) is 17.9. The molecule has 0 radical (unpaired) electrons. The van der Waals surface area contributed by atoms with Gasteiger partial charge in [0.15, 0.2) is 5.82 Å². The number of para-hydroxylation sites is 1. The molecule has 0 amide bonds. The summed E-state index contributed by atoms with van der Waals surface area (Å²) in [4.78, 5) is 11.6. The Labute approximate surface area is 159 Å². The summed E-state index contributed by atoms with van der Waals surface area (Å²) in [6.45, 7) is 4.15. The van der Waals surface area contributed by atoms with Crippen molar-refractivity contribution >= 4 is 32.3 Å². The van der Waals surface area contributed by atoms with E-state index in [4.69, 9.17) is 9.72 Å². The van der Waals surface area contributed by atoms with Gasteiger partial charge in [-0.2, -0.15) is 14.3 Å². The van der Waals surface area contributed by atoms with Crippen LogP contribution < -0.4 is 4.90 Å². The van der Waals surface area contributed by atoms with Crippen molar-refractivity contribution < 1.29 is 8.95 Å². The van der Waals surface area contributed by atoms with Gasteiger partial charge in [0.25, 0.3) is 0 Å². The van der Waals surface area contributed by atoms with Crippen molar-refractivity contribution in [3.8, 4) is 5.95 Å². The van der Waals surface area contributed by atoms with Crippen LogP contribution in [0.2, 0.25) is 0 Å². The maximum atomic E-state index is 12.3. The second-order valence-electron chi connectivity index (χ2n) is 7.02. The van der Waals surface area contributed by atoms with Gasteiger partial charge in [0, 0.05) is 46.4 Å². The molecule has 0 spiro atoms. The first-order chi connectivity index (χ1) is 12.9. The van der Waals surface area contributed by atoms with Crippen LogP contribution in [0.5, 0.6) is 0 Å². The number of hydrogen-bond donors (Lipinski definition) is 0. The average molecular weight is 385 g/mol. The molecule has 1 atom stereocenters. The molecule has 142 valence electrons. The second kappa shape index (κ2) is 6.94. The Kier molecular flexibility index (Phi) is 4.61. The first-order valence-corrected chi connectivity index (χ1v) is 11.2. The van der Waals surface area contributed by atoms with Crippen molar-refractivity contribution in [2.45, 2.75) is 13.0 Å². The van der Waals surface area contributed by atoms with E-state index in [1.165, 1.54) is 0 Å². The Hall–Kier alpha value is -2.45. The van der Waals surface area contributed by atoms with E-state index in [0.717, 1.165) is 23.3 Å². The van der Waals surface area contributed by atoms with Crippen LogP contribution in [0.25, 0.3) is 16.9 Å². The second-order valence-corrected chi connectivity index (χ2v) is 9.56. The molecule has 2 aromatic heterocycles. The number of fused-ring (bicyclic) bond motifs is 1. The fourth-order valence-corrected chi connectivity index (χ4v) is 3.81. The number of benzene rings is 1. The van der Waals surface area contributed by atoms with Crippen molar-refractivity contribution in [1.82, 2.24) is 14.5 Å². The van der Waals surface area contributed by atoms with Gasteiger partial charge < -0.3 is 9.64 Å². The largest absolute Gasteiger partial charge is 0.377 e. The van der Waals surface area contributed by atoms with Gasteiger partial charge in [0.1, 0.15) is 5.82 Å². The third-order valence-corrected chi connectivity index (χ3v) is 5.10. The summed E-state index contributed by atoms with van der Waals surface area (Å²) in [5.74, 6) is 1.73. The number of anilines is 1. The zero-order valence-electron chi connectivity index (χ0n) is 15.7. The van der Waals surface area contributed by atoms with E-state index in [2.05, 4.69) is 27.2 Å². The summed E-state index contributed by atoms with van der Waals surface area (Å²) >= 11 is 0. The first-order valence-electron chi connectivity index (χ1n) is 8.88. The Balaban J connectivity index is 1.89. The number of morpholine rings is 1. The number of ether oxygens (including phenoxy) is 1. The maximum absolute atomic E-state index is 12.3. The molecule has 1 aliphatic rings. The van der Waals surface area contributed by atoms with Gasteiger partial charge in [0.05, 0.1) is 24.8 Å². The summed E-state index contributed by atoms with van der Waals surface area (Å²) in [5, 5.41) is 1.11. The van der Waals surface area contributed by atoms with Gasteiger partial charge in [0.2, 0.25) is 5.95 Å². The maximum Gasteiger partial charge on any atom is 0.238 e. The van der Waals surface area contributed by atoms with Gasteiger partial charge in [-0.1, -0.05) is 18.2 Å². The lowest BCUT2D eigenvalue weighted by molar-refractivity contribution is 0.0985. The fourth-order valence-electron chi connectivity index (χ4n) is 3.26. The van der Waals surface area contributed by atoms with Gasteiger partial charge in [-0.3, -0.25) is 4.57 Å². The number of nitrogens with zero attached hydrogens (tertiary/aromatic N) is 5. The fraction of sp³-hybridized carbons (Fsp3) is 0.368. The molecule has 0 saturated carbocycles. The third kappa shape index (κ3) is 3.81. The van der Waals surface area contributed by atoms with Crippen LogP contribution in [0, 0.1) is 0 Å². The Morgan fingerprint density at radius 1 is 1.22 bits per heavy atom. The molecule has 3 aromatic rings. The van der Waals surface area contributed by atoms with Crippen molar-refractivity contribution in [2.75, 3.05) is 37.2 Å². The van der Waals surface area contributed by atoms with Crippen molar-refractivity contribution in [3.63, 3.8) is 0 Å². The van der Waals surface area contributed by atoms with Gasteiger partial charge in [-0.25, -0.2) is 4.21 Å². The predicted molar refractivity (Wildman–Crippen MR) is 109 cm³/mol. The summed E-state index contributed by atoms with van der Waals surface area (Å²) in [6.07, 6.45) is 5.17. The van der Waals surface area contributed by atoms with Gasteiger partial charge in [-0.05, 0) is 19.1 Å². The smallest absolute Gasteiger partial charge is 0.238 e. The summed E-state index contributed by atoms with van der Waals surface area (Å²) in [5.41, 5.74) is 1.02. The molecule has 0 bridgehead atoms. The van der Waals surface area contributed by atoms with Crippen LogP contribution in [0.4, 0.5) is 11.6 Å². The number of rotatable bonds is 3. The van der Waals surface area contributed by atoms with Crippen molar-refractivity contribution in [3.05, 3.63) is 42.6 Å². The van der Waals surface area contributed by atoms with E-state index in [1.54, 1.807) is 12.5 Å². The molecule has 4 rings (SSSR count). The van der Waals surface area contributed by atoms with Crippen LogP contribution in [0.1, 0.15) is 6.92 Å². The molecule has 1 saturated heterocycles. The highest BCUT2D eigenvalue weighted by Crippen LogP contribution is 2.26. The minimum absolute atomic E-state index is 0.198. The van der Waals surface area contributed by atoms with Crippen LogP contribution in [-0.2, 0) is 14.5 Å². The number of hydrogen-bond acceptors (Lipinski definition) is 6. The SMILES string of the molecule is C[C@@H]1COCCN1c1cc(N=S(C)(C)=O)nc(-n2ccc3ccccc32)n1. The van der Waals surface area contributed by atoms with Crippen molar-refractivity contribution in [1.29, 1.82) is 0 Å². The van der Waals surface area contributed by atoms with E-state index in [0.29, 0.717) is 25.0 Å². The summed E-state index contributed by atoms with van der Waals surface area (Å²) in [7, 11) is -2.33. The molecular weight excluding hydrogens is 362 g/mol. The molecule has 27 heavy (non-hydrogen) atoms. The normalized spacial score (nSPS) is 18.0. The highest BCUT2D eigenvalue weighted by atomic mass is 32.2. The standard InChI is InChI=1S/C19H23N5O2S/c1-14-13-26-11-10-23(14)18-12-17(22-27(2,3)25)20-19(21-18)24-9-8-15-6-4-5-7-16(15)24/h4-9,12,14H,10-11,13H2,1-3H3/t14-/m1/s1. The van der Waals surface area contributed by atoms with E-state index in [9.17, 15) is 4.21 Å². The molecular formula is C19H23N5O2S. The Morgan fingerprint density at radius 3 is 2.81 bits per heavy atom. The minimum Gasteiger partial charge on any atom is -0.377 e. The van der Waals surface area contributed by atoms with Gasteiger partial charge in [-0.15, -0.1) is 0 Å². The highest BCUT2D eigenvalue weighted by molar-refractivity contribution is 7.92. The van der Waals surface area contributed by atoms with E-state index in [1.807, 2.05) is 41.1 Å². The van der Waals surface area contributed by atoms with Gasteiger partial charge >= 0.3 is 0 Å². The van der Waals surface area contributed by atoms with Crippen LogP contribution >= 0.6 is 0 Å². The monoisotopic (exact) mass is 385 g/mol. The molecule has 3 heterocycles. The van der Waals surface area contributed by atoms with E-state index in [-0.39, 0.29) is 6.04 Å². The molecule has 0 unspecified atom stereocenters. The molecule has 1 aliphatic heterocycles. The molecule has 8 heteroatoms. The summed E-state index contributed by atoms with van der Waals surface area (Å²) in [6, 6.07) is 12.1. The highest BCUT2D eigenvalue weighted by Gasteiger charge is 2.22. The van der Waals surface area contributed by atoms with Crippen LogP contribution in [0.15, 0.2) is 47.0 Å². The lowest BCUT2D eigenvalue weighted by Crippen LogP contribution is -2.44. The minimum atomic E-state index is -2.33. The lowest BCUT2D eigenvalue weighted by atomic mass is 10.2. The zero-order valence-corrected chi connectivity index (χ0v) is 16.5. The lowest BCUT2D eigenvalue weighted by Gasteiger charge is -2.34. The Bertz CT molecular complexity index is 1090. The zero-order chi connectivity index (χ0) is 19.0. The van der Waals surface area contributed by atoms with E-state index >= 15 is 0 Å². The Morgan fingerprint density at radius 2 is 2.04 bits per heavy atom. The average Bonchev–Trinajstić information content (AvgIpc) is 3.04. The molecule has 0 aliphatic carbocycles. The molecule has 1 aromatic carbocycles. The van der Waals surface area contributed by atoms with Crippen LogP contribution in [-0.4, -0.2) is 57.1 Å². The summed E-state index contributed by atoms with van der Waals surface area (Å²) < 4.78 is 24.1. The van der Waals surface area contributed by atoms with E-state index < -0.39 is 9.73 Å². The topological polar surface area (TPSA) is 72.6 Å². The third-order valence-electron chi connectivity index (χ3n) is 4.48. The quantitative estimate of drug-likeness (QED) is 0.693. The number of aromatic nitrogens is 3. The molecule has 0 N–H and O–H groups in total. The van der Waals surface area contributed by atoms with Crippen LogP contribution in [0.3, 0.4) is 0 Å². The molecule has 1 fully saturated rings.